The average Bonchev–Trinajstić information content (AvgIpc) is 2.96. The number of methoxy groups -OCH3 is 1. The Bertz CT molecular complexity index is 716. The zero-order valence-corrected chi connectivity index (χ0v) is 12.1. The van der Waals surface area contributed by atoms with Gasteiger partial charge in [0.1, 0.15) is 16.4 Å². The Labute approximate surface area is 125 Å². The van der Waals surface area contributed by atoms with Gasteiger partial charge in [0.2, 0.25) is 0 Å². The van der Waals surface area contributed by atoms with Gasteiger partial charge in [0.05, 0.1) is 24.9 Å². The third kappa shape index (κ3) is 3.60. The Morgan fingerprint density at radius 1 is 1.48 bits per heavy atom. The van der Waals surface area contributed by atoms with Crippen molar-refractivity contribution >= 4 is 22.9 Å². The van der Waals surface area contributed by atoms with Crippen LogP contribution in [0.25, 0.3) is 0 Å². The number of ether oxygens (including phenoxy) is 1. The summed E-state index contributed by atoms with van der Waals surface area (Å²) in [5.41, 5.74) is 6.12. The Morgan fingerprint density at radius 3 is 3.00 bits per heavy atom. The molecule has 1 aromatic heterocycles. The standard InChI is InChI=1S/C15H13FN2O2S/c1-20-13-6-8-21-14(13)15(19)18-12-5-4-11(16)9-10(12)3-2-7-17/h4-6,8-9H,7,17H2,1H3,(H,18,19). The van der Waals surface area contributed by atoms with Crippen LogP contribution in [0.15, 0.2) is 29.6 Å². The van der Waals surface area contributed by atoms with Gasteiger partial charge in [-0.05, 0) is 29.6 Å². The molecule has 108 valence electrons. The first kappa shape index (κ1) is 15.0. The van der Waals surface area contributed by atoms with E-state index in [1.165, 1.54) is 36.6 Å². The smallest absolute Gasteiger partial charge is 0.269 e. The molecule has 1 amide bonds. The summed E-state index contributed by atoms with van der Waals surface area (Å²) in [6.07, 6.45) is 0. The first-order valence-corrected chi connectivity index (χ1v) is 6.95. The molecule has 0 saturated heterocycles. The van der Waals surface area contributed by atoms with Crippen LogP contribution in [0.4, 0.5) is 10.1 Å². The predicted octanol–water partition coefficient (Wildman–Crippen LogP) is 2.46. The van der Waals surface area contributed by atoms with Gasteiger partial charge in [-0.3, -0.25) is 4.79 Å². The van der Waals surface area contributed by atoms with Crippen LogP contribution >= 0.6 is 11.3 Å². The molecule has 0 unspecified atom stereocenters. The zero-order valence-electron chi connectivity index (χ0n) is 11.3. The largest absolute Gasteiger partial charge is 0.495 e. The number of halogens is 1. The van der Waals surface area contributed by atoms with E-state index >= 15 is 0 Å². The van der Waals surface area contributed by atoms with E-state index in [1.54, 1.807) is 11.4 Å². The van der Waals surface area contributed by atoms with Crippen LogP contribution < -0.4 is 15.8 Å². The predicted molar refractivity (Wildman–Crippen MR) is 81.2 cm³/mol. The molecule has 2 aromatic rings. The maximum absolute atomic E-state index is 13.3. The maximum Gasteiger partial charge on any atom is 0.269 e. The summed E-state index contributed by atoms with van der Waals surface area (Å²) >= 11 is 1.26. The van der Waals surface area contributed by atoms with Crippen molar-refractivity contribution < 1.29 is 13.9 Å². The van der Waals surface area contributed by atoms with Gasteiger partial charge in [0.25, 0.3) is 5.91 Å². The topological polar surface area (TPSA) is 64.3 Å². The summed E-state index contributed by atoms with van der Waals surface area (Å²) in [5, 5.41) is 4.46. The highest BCUT2D eigenvalue weighted by Gasteiger charge is 2.15. The summed E-state index contributed by atoms with van der Waals surface area (Å²) in [6, 6.07) is 5.69. The number of anilines is 1. The number of nitrogens with two attached hydrogens (primary N) is 1. The minimum atomic E-state index is -0.428. The van der Waals surface area contributed by atoms with Gasteiger partial charge in [-0.1, -0.05) is 11.8 Å². The van der Waals surface area contributed by atoms with Crippen LogP contribution in [0.2, 0.25) is 0 Å². The lowest BCUT2D eigenvalue weighted by atomic mass is 10.1. The monoisotopic (exact) mass is 304 g/mol. The summed E-state index contributed by atoms with van der Waals surface area (Å²) < 4.78 is 18.4. The number of benzene rings is 1. The number of hydrogen-bond acceptors (Lipinski definition) is 4. The maximum atomic E-state index is 13.3. The van der Waals surface area contributed by atoms with E-state index in [4.69, 9.17) is 10.5 Å². The minimum absolute atomic E-state index is 0.155. The van der Waals surface area contributed by atoms with E-state index in [9.17, 15) is 9.18 Å². The van der Waals surface area contributed by atoms with E-state index < -0.39 is 5.82 Å². The highest BCUT2D eigenvalue weighted by atomic mass is 32.1. The van der Waals surface area contributed by atoms with Crippen molar-refractivity contribution in [1.82, 2.24) is 0 Å². The van der Waals surface area contributed by atoms with Crippen molar-refractivity contribution in [2.45, 2.75) is 0 Å². The van der Waals surface area contributed by atoms with Gasteiger partial charge < -0.3 is 15.8 Å². The Kier molecular flexibility index (Phi) is 4.93. The fraction of sp³-hybridized carbons (Fsp3) is 0.133. The van der Waals surface area contributed by atoms with Gasteiger partial charge in [0.15, 0.2) is 0 Å². The normalized spacial score (nSPS) is 9.67. The zero-order chi connectivity index (χ0) is 15.2. The van der Waals surface area contributed by atoms with E-state index in [1.807, 2.05) is 0 Å². The van der Waals surface area contributed by atoms with Gasteiger partial charge in [0, 0.05) is 0 Å². The molecule has 0 saturated carbocycles. The first-order chi connectivity index (χ1) is 10.2. The van der Waals surface area contributed by atoms with Crippen molar-refractivity contribution in [3.8, 4) is 17.6 Å². The van der Waals surface area contributed by atoms with Crippen LogP contribution in [0.3, 0.4) is 0 Å². The molecule has 2 rings (SSSR count). The number of carbonyl (C=O) groups is 1. The molecule has 0 fully saturated rings. The number of carbonyl (C=O) groups excluding carboxylic acids is 1. The van der Waals surface area contributed by atoms with E-state index in [-0.39, 0.29) is 12.5 Å². The Hall–Kier alpha value is -2.36. The SMILES string of the molecule is COc1ccsc1C(=O)Nc1ccc(F)cc1C#CCN. The number of hydrogen-bond donors (Lipinski definition) is 2. The lowest BCUT2D eigenvalue weighted by Crippen LogP contribution is -2.12. The quantitative estimate of drug-likeness (QED) is 0.856. The molecular weight excluding hydrogens is 291 g/mol. The molecule has 0 aliphatic heterocycles. The van der Waals surface area contributed by atoms with E-state index in [0.29, 0.717) is 21.9 Å². The van der Waals surface area contributed by atoms with Crippen LogP contribution in [0.1, 0.15) is 15.2 Å². The fourth-order valence-corrected chi connectivity index (χ4v) is 2.43. The molecule has 21 heavy (non-hydrogen) atoms. The lowest BCUT2D eigenvalue weighted by Gasteiger charge is -2.08. The molecule has 0 atom stereocenters. The third-order valence-electron chi connectivity index (χ3n) is 2.61. The Balaban J connectivity index is 2.29. The van der Waals surface area contributed by atoms with Crippen molar-refractivity contribution in [2.75, 3.05) is 19.0 Å². The number of nitrogens with one attached hydrogen (secondary N) is 1. The van der Waals surface area contributed by atoms with Crippen molar-refractivity contribution in [1.29, 1.82) is 0 Å². The number of amides is 1. The molecule has 0 bridgehead atoms. The second-order valence-corrected chi connectivity index (χ2v) is 4.88. The van der Waals surface area contributed by atoms with Crippen molar-refractivity contribution in [3.63, 3.8) is 0 Å². The molecule has 3 N–H and O–H groups in total. The molecular formula is C15H13FN2O2S. The molecule has 0 spiro atoms. The third-order valence-corrected chi connectivity index (χ3v) is 3.50. The number of rotatable bonds is 3. The van der Waals surface area contributed by atoms with Crippen molar-refractivity contribution in [2.24, 2.45) is 5.73 Å². The summed E-state index contributed by atoms with van der Waals surface area (Å²) in [4.78, 5) is 12.7. The van der Waals surface area contributed by atoms with Gasteiger partial charge in [-0.25, -0.2) is 4.39 Å². The van der Waals surface area contributed by atoms with Crippen LogP contribution in [-0.2, 0) is 0 Å². The highest BCUT2D eigenvalue weighted by Crippen LogP contribution is 2.26. The van der Waals surface area contributed by atoms with Crippen LogP contribution in [0.5, 0.6) is 5.75 Å². The lowest BCUT2D eigenvalue weighted by molar-refractivity contribution is 0.102. The van der Waals surface area contributed by atoms with Gasteiger partial charge in [-0.2, -0.15) is 0 Å². The second-order valence-electron chi connectivity index (χ2n) is 3.97. The fourth-order valence-electron chi connectivity index (χ4n) is 1.68. The number of thiophene rings is 1. The summed E-state index contributed by atoms with van der Waals surface area (Å²) in [7, 11) is 1.49. The average molecular weight is 304 g/mol. The first-order valence-electron chi connectivity index (χ1n) is 6.07. The van der Waals surface area contributed by atoms with Gasteiger partial charge >= 0.3 is 0 Å². The Morgan fingerprint density at radius 2 is 2.29 bits per heavy atom. The van der Waals surface area contributed by atoms with Crippen LogP contribution in [-0.4, -0.2) is 19.6 Å². The molecule has 0 aliphatic carbocycles. The molecule has 0 radical (unpaired) electrons. The molecule has 0 aliphatic rings. The summed E-state index contributed by atoms with van der Waals surface area (Å²) in [6.45, 7) is 0.155. The van der Waals surface area contributed by atoms with Crippen molar-refractivity contribution in [3.05, 3.63) is 45.9 Å². The van der Waals surface area contributed by atoms with Gasteiger partial charge in [-0.15, -0.1) is 11.3 Å². The molecule has 4 nitrogen and oxygen atoms in total. The summed E-state index contributed by atoms with van der Waals surface area (Å²) in [5.74, 6) is 5.11. The molecule has 6 heteroatoms. The van der Waals surface area contributed by atoms with E-state index in [2.05, 4.69) is 17.2 Å². The van der Waals surface area contributed by atoms with Crippen LogP contribution in [0, 0.1) is 17.7 Å². The minimum Gasteiger partial charge on any atom is -0.495 e. The molecule has 1 aromatic carbocycles. The van der Waals surface area contributed by atoms with E-state index in [0.717, 1.165) is 0 Å². The highest BCUT2D eigenvalue weighted by molar-refractivity contribution is 7.12. The second kappa shape index (κ2) is 6.88. The molecule has 1 heterocycles.